The monoisotopic (exact) mass is 449 g/mol. The number of urea groups is 1. The first-order valence-electron chi connectivity index (χ1n) is 11.2. The first-order chi connectivity index (χ1) is 14.4. The van der Waals surface area contributed by atoms with E-state index in [0.29, 0.717) is 35.2 Å². The van der Waals surface area contributed by atoms with Crippen LogP contribution in [0.4, 0.5) is 10.5 Å². The molecule has 30 heavy (non-hydrogen) atoms. The highest BCUT2D eigenvalue weighted by atomic mass is 35.5. The van der Waals surface area contributed by atoms with Gasteiger partial charge >= 0.3 is 6.03 Å². The summed E-state index contributed by atoms with van der Waals surface area (Å²) in [5.41, 5.74) is 0.612. The smallest absolute Gasteiger partial charge is 0.321 e. The fourth-order valence-corrected chi connectivity index (χ4v) is 7.30. The van der Waals surface area contributed by atoms with Gasteiger partial charge in [-0.2, -0.15) is 0 Å². The Morgan fingerprint density at radius 3 is 2.37 bits per heavy atom. The zero-order valence-electron chi connectivity index (χ0n) is 17.1. The number of halogens is 2. The quantitative estimate of drug-likeness (QED) is 0.652. The van der Waals surface area contributed by atoms with Crippen molar-refractivity contribution in [1.29, 1.82) is 0 Å². The van der Waals surface area contributed by atoms with E-state index in [-0.39, 0.29) is 23.4 Å². The molecule has 4 aliphatic carbocycles. The van der Waals surface area contributed by atoms with E-state index >= 15 is 0 Å². The third-order valence-corrected chi connectivity index (χ3v) is 8.21. The van der Waals surface area contributed by atoms with Crippen LogP contribution in [0, 0.1) is 23.7 Å². The Balaban J connectivity index is 1.13. The first-order valence-corrected chi connectivity index (χ1v) is 11.9. The van der Waals surface area contributed by atoms with E-state index in [2.05, 4.69) is 10.6 Å². The maximum atomic E-state index is 12.9. The first kappa shape index (κ1) is 20.4. The van der Waals surface area contributed by atoms with Crippen LogP contribution < -0.4 is 10.6 Å². The van der Waals surface area contributed by atoms with Gasteiger partial charge in [0.1, 0.15) is 0 Å². The lowest BCUT2D eigenvalue weighted by Crippen LogP contribution is -2.60. The molecule has 1 unspecified atom stereocenters. The maximum Gasteiger partial charge on any atom is 0.321 e. The van der Waals surface area contributed by atoms with E-state index in [9.17, 15) is 9.59 Å². The van der Waals surface area contributed by atoms with Gasteiger partial charge in [-0.25, -0.2) is 4.79 Å². The number of nitrogens with zero attached hydrogens (tertiary/aromatic N) is 1. The van der Waals surface area contributed by atoms with Crippen LogP contribution in [0.15, 0.2) is 18.2 Å². The summed E-state index contributed by atoms with van der Waals surface area (Å²) in [5.74, 6) is 2.85. The van der Waals surface area contributed by atoms with Crippen molar-refractivity contribution in [2.45, 2.75) is 56.9 Å². The molecule has 4 saturated carbocycles. The minimum atomic E-state index is -0.178. The summed E-state index contributed by atoms with van der Waals surface area (Å²) in [5, 5.41) is 7.26. The highest BCUT2D eigenvalue weighted by molar-refractivity contribution is 6.36. The summed E-state index contributed by atoms with van der Waals surface area (Å²) in [4.78, 5) is 27.2. The van der Waals surface area contributed by atoms with Crippen molar-refractivity contribution in [3.05, 3.63) is 28.2 Å². The standard InChI is InChI=1S/C23H29Cl2N3O2/c24-18-1-2-20(19(25)9-18)26-22(30)28-4-3-14(13-28)8-21(29)27-23-10-15-5-16(11-23)7-17(6-15)12-23/h1-2,9,14-17H,3-8,10-13H2,(H,26,30)(H,27,29). The average Bonchev–Trinajstić information content (AvgIpc) is 3.10. The van der Waals surface area contributed by atoms with Gasteiger partial charge in [-0.1, -0.05) is 23.2 Å². The van der Waals surface area contributed by atoms with Crippen LogP contribution in [0.5, 0.6) is 0 Å². The summed E-state index contributed by atoms with van der Waals surface area (Å²) in [6, 6.07) is 4.84. The largest absolute Gasteiger partial charge is 0.351 e. The third-order valence-electron chi connectivity index (χ3n) is 7.66. The predicted octanol–water partition coefficient (Wildman–Crippen LogP) is 5.32. The highest BCUT2D eigenvalue weighted by Gasteiger charge is 2.51. The van der Waals surface area contributed by atoms with Crippen molar-refractivity contribution in [2.24, 2.45) is 23.7 Å². The number of amides is 3. The lowest BCUT2D eigenvalue weighted by Gasteiger charge is -2.57. The SMILES string of the molecule is O=C(CC1CCN(C(=O)Nc2ccc(Cl)cc2Cl)C1)NC12CC3CC(CC(C3)C1)C2. The fourth-order valence-electron chi connectivity index (χ4n) is 6.84. The van der Waals surface area contributed by atoms with Crippen molar-refractivity contribution in [2.75, 3.05) is 18.4 Å². The number of carbonyl (C=O) groups is 2. The van der Waals surface area contributed by atoms with Crippen molar-refractivity contribution in [3.8, 4) is 0 Å². The molecule has 7 heteroatoms. The number of anilines is 1. The van der Waals surface area contributed by atoms with Crippen LogP contribution in [0.2, 0.25) is 10.0 Å². The van der Waals surface area contributed by atoms with Crippen molar-refractivity contribution >= 4 is 40.8 Å². The molecule has 4 bridgehead atoms. The Bertz CT molecular complexity index is 824. The molecule has 1 aliphatic heterocycles. The number of rotatable bonds is 4. The van der Waals surface area contributed by atoms with E-state index < -0.39 is 0 Å². The van der Waals surface area contributed by atoms with Crippen LogP contribution in [0.3, 0.4) is 0 Å². The van der Waals surface area contributed by atoms with Crippen LogP contribution in [0.1, 0.15) is 51.4 Å². The van der Waals surface area contributed by atoms with E-state index in [1.165, 1.54) is 38.5 Å². The molecular formula is C23H29Cl2N3O2. The summed E-state index contributed by atoms with van der Waals surface area (Å²) in [7, 11) is 0. The molecule has 1 saturated heterocycles. The van der Waals surface area contributed by atoms with Gasteiger partial charge in [-0.05, 0) is 86.8 Å². The van der Waals surface area contributed by atoms with Crippen LogP contribution >= 0.6 is 23.2 Å². The molecule has 1 aromatic rings. The number of hydrogen-bond acceptors (Lipinski definition) is 2. The molecule has 0 radical (unpaired) electrons. The second kappa shape index (κ2) is 7.90. The zero-order valence-corrected chi connectivity index (χ0v) is 18.6. The van der Waals surface area contributed by atoms with Gasteiger partial charge in [-0.15, -0.1) is 0 Å². The minimum absolute atomic E-state index is 0.0623. The number of carbonyl (C=O) groups excluding carboxylic acids is 2. The summed E-state index contributed by atoms with van der Waals surface area (Å²) >= 11 is 12.1. The lowest BCUT2D eigenvalue weighted by atomic mass is 9.53. The topological polar surface area (TPSA) is 61.4 Å². The summed E-state index contributed by atoms with van der Waals surface area (Å²) < 4.78 is 0. The Hall–Kier alpha value is -1.46. The van der Waals surface area contributed by atoms with E-state index in [1.54, 1.807) is 23.1 Å². The normalized spacial score (nSPS) is 34.3. The molecule has 0 spiro atoms. The summed E-state index contributed by atoms with van der Waals surface area (Å²) in [6.45, 7) is 1.26. The van der Waals surface area contributed by atoms with E-state index in [1.807, 2.05) is 0 Å². The summed E-state index contributed by atoms with van der Waals surface area (Å²) in [6.07, 6.45) is 9.00. The molecule has 5 fully saturated rings. The van der Waals surface area contributed by atoms with Crippen molar-refractivity contribution < 1.29 is 9.59 Å². The Labute approximate surface area is 187 Å². The van der Waals surface area contributed by atoms with Crippen LogP contribution in [0.25, 0.3) is 0 Å². The van der Waals surface area contributed by atoms with Gasteiger partial charge in [0, 0.05) is 30.1 Å². The second-order valence-corrected chi connectivity index (χ2v) is 10.9. The van der Waals surface area contributed by atoms with Gasteiger partial charge in [0.05, 0.1) is 10.7 Å². The highest BCUT2D eigenvalue weighted by Crippen LogP contribution is 2.55. The van der Waals surface area contributed by atoms with Crippen LogP contribution in [-0.4, -0.2) is 35.5 Å². The predicted molar refractivity (Wildman–Crippen MR) is 119 cm³/mol. The van der Waals surface area contributed by atoms with Gasteiger partial charge in [-0.3, -0.25) is 4.79 Å². The third kappa shape index (κ3) is 4.16. The molecule has 5 aliphatic rings. The average molecular weight is 450 g/mol. The van der Waals surface area contributed by atoms with Gasteiger partial charge in [0.15, 0.2) is 0 Å². The molecule has 0 aromatic heterocycles. The number of hydrogen-bond donors (Lipinski definition) is 2. The maximum absolute atomic E-state index is 12.9. The molecule has 3 amide bonds. The molecule has 6 rings (SSSR count). The minimum Gasteiger partial charge on any atom is -0.351 e. The Kier molecular flexibility index (Phi) is 5.39. The lowest BCUT2D eigenvalue weighted by molar-refractivity contribution is -0.127. The van der Waals surface area contributed by atoms with Crippen molar-refractivity contribution in [3.63, 3.8) is 0 Å². The number of likely N-dealkylation sites (tertiary alicyclic amines) is 1. The number of benzene rings is 1. The molecule has 1 atom stereocenters. The Morgan fingerprint density at radius 2 is 1.73 bits per heavy atom. The van der Waals surface area contributed by atoms with Gasteiger partial charge < -0.3 is 15.5 Å². The van der Waals surface area contributed by atoms with Gasteiger partial charge in [0.25, 0.3) is 0 Å². The van der Waals surface area contributed by atoms with Crippen molar-refractivity contribution in [1.82, 2.24) is 10.2 Å². The molecule has 1 heterocycles. The molecule has 1 aromatic carbocycles. The second-order valence-electron chi connectivity index (χ2n) is 10.1. The molecule has 5 nitrogen and oxygen atoms in total. The Morgan fingerprint density at radius 1 is 1.07 bits per heavy atom. The number of nitrogens with one attached hydrogen (secondary N) is 2. The fraction of sp³-hybridized carbons (Fsp3) is 0.652. The van der Waals surface area contributed by atoms with Gasteiger partial charge in [0.2, 0.25) is 5.91 Å². The zero-order chi connectivity index (χ0) is 20.9. The van der Waals surface area contributed by atoms with Crippen LogP contribution in [-0.2, 0) is 4.79 Å². The molecular weight excluding hydrogens is 421 g/mol. The molecule has 2 N–H and O–H groups in total. The van der Waals surface area contributed by atoms with E-state index in [4.69, 9.17) is 23.2 Å². The van der Waals surface area contributed by atoms with E-state index in [0.717, 1.165) is 24.2 Å². The molecule has 162 valence electrons.